The van der Waals surface area contributed by atoms with Gasteiger partial charge in [-0.05, 0) is 64.0 Å². The van der Waals surface area contributed by atoms with Gasteiger partial charge in [-0.15, -0.1) is 0 Å². The third kappa shape index (κ3) is 5.08. The van der Waals surface area contributed by atoms with E-state index < -0.39 is 0 Å². The van der Waals surface area contributed by atoms with Gasteiger partial charge in [0.05, 0.1) is 0 Å². The zero-order valence-corrected chi connectivity index (χ0v) is 16.2. The molecule has 1 aliphatic carbocycles. The highest BCUT2D eigenvalue weighted by Gasteiger charge is 2.29. The molecule has 1 aromatic rings. The van der Waals surface area contributed by atoms with E-state index in [1.165, 1.54) is 19.4 Å². The van der Waals surface area contributed by atoms with Crippen molar-refractivity contribution < 1.29 is 9.53 Å². The largest absolute Gasteiger partial charge is 0.381 e. The Morgan fingerprint density at radius 3 is 2.74 bits per heavy atom. The van der Waals surface area contributed by atoms with Crippen LogP contribution in [0.3, 0.4) is 0 Å². The number of aromatic amines is 1. The molecule has 2 aliphatic heterocycles. The molecule has 0 bridgehead atoms. The maximum absolute atomic E-state index is 12.5. The van der Waals surface area contributed by atoms with Crippen LogP contribution in [0.1, 0.15) is 63.1 Å². The van der Waals surface area contributed by atoms with Crippen LogP contribution in [0.4, 0.5) is 0 Å². The number of aromatic nitrogens is 3. The van der Waals surface area contributed by atoms with Crippen LogP contribution >= 0.6 is 0 Å². The molecule has 7 heteroatoms. The lowest BCUT2D eigenvalue weighted by Gasteiger charge is -2.37. The maximum Gasteiger partial charge on any atom is 0.223 e. The molecule has 2 saturated heterocycles. The zero-order valence-electron chi connectivity index (χ0n) is 16.2. The Kier molecular flexibility index (Phi) is 6.39. The number of hydrogen-bond donors (Lipinski definition) is 2. The fourth-order valence-electron chi connectivity index (χ4n) is 5.03. The molecule has 1 amide bonds. The van der Waals surface area contributed by atoms with Crippen molar-refractivity contribution in [3.63, 3.8) is 0 Å². The molecule has 0 aromatic carbocycles. The van der Waals surface area contributed by atoms with Crippen molar-refractivity contribution in [2.45, 2.75) is 63.3 Å². The van der Waals surface area contributed by atoms with Gasteiger partial charge in [0.1, 0.15) is 12.2 Å². The van der Waals surface area contributed by atoms with Crippen LogP contribution in [-0.2, 0) is 9.53 Å². The van der Waals surface area contributed by atoms with Gasteiger partial charge >= 0.3 is 0 Å². The van der Waals surface area contributed by atoms with Crippen LogP contribution in [0.2, 0.25) is 0 Å². The van der Waals surface area contributed by atoms with Gasteiger partial charge in [0.15, 0.2) is 0 Å². The van der Waals surface area contributed by atoms with Crippen LogP contribution in [0.25, 0.3) is 0 Å². The molecule has 1 aromatic heterocycles. The summed E-state index contributed by atoms with van der Waals surface area (Å²) in [4.78, 5) is 19.5. The predicted octanol–water partition coefficient (Wildman–Crippen LogP) is 2.09. The van der Waals surface area contributed by atoms with E-state index in [0.29, 0.717) is 17.9 Å². The quantitative estimate of drug-likeness (QED) is 0.823. The van der Waals surface area contributed by atoms with E-state index in [0.717, 1.165) is 70.7 Å². The van der Waals surface area contributed by atoms with Crippen LogP contribution in [0.5, 0.6) is 0 Å². The second-order valence-corrected chi connectivity index (χ2v) is 8.57. The Bertz CT molecular complexity index is 579. The lowest BCUT2D eigenvalue weighted by Crippen LogP contribution is -2.45. The number of carbonyl (C=O) groups is 1. The molecule has 4 rings (SSSR count). The zero-order chi connectivity index (χ0) is 18.5. The number of H-pyrrole nitrogens is 1. The van der Waals surface area contributed by atoms with Crippen molar-refractivity contribution in [1.82, 2.24) is 25.4 Å². The average molecular weight is 376 g/mol. The molecule has 7 nitrogen and oxygen atoms in total. The molecule has 1 saturated carbocycles. The summed E-state index contributed by atoms with van der Waals surface area (Å²) in [7, 11) is 0. The summed E-state index contributed by atoms with van der Waals surface area (Å²) in [5.41, 5.74) is 0. The van der Waals surface area contributed by atoms with Crippen molar-refractivity contribution in [3.8, 4) is 0 Å². The third-order valence-corrected chi connectivity index (χ3v) is 6.65. The summed E-state index contributed by atoms with van der Waals surface area (Å²) in [6.45, 7) is 4.92. The summed E-state index contributed by atoms with van der Waals surface area (Å²) in [6, 6.07) is 0.367. The number of amides is 1. The van der Waals surface area contributed by atoms with E-state index in [4.69, 9.17) is 4.74 Å². The second-order valence-electron chi connectivity index (χ2n) is 8.57. The Balaban J connectivity index is 1.20. The van der Waals surface area contributed by atoms with Gasteiger partial charge in [-0.3, -0.25) is 9.89 Å². The van der Waals surface area contributed by atoms with Gasteiger partial charge in [-0.25, -0.2) is 4.98 Å². The molecule has 0 unspecified atom stereocenters. The smallest absolute Gasteiger partial charge is 0.223 e. The van der Waals surface area contributed by atoms with E-state index in [9.17, 15) is 4.79 Å². The van der Waals surface area contributed by atoms with E-state index in [1.807, 2.05) is 0 Å². The second kappa shape index (κ2) is 9.15. The van der Waals surface area contributed by atoms with Gasteiger partial charge in [0, 0.05) is 37.6 Å². The minimum absolute atomic E-state index is 0.161. The lowest BCUT2D eigenvalue weighted by molar-refractivity contribution is -0.128. The Labute approximate surface area is 161 Å². The highest BCUT2D eigenvalue weighted by Crippen LogP contribution is 2.29. The fourth-order valence-corrected chi connectivity index (χ4v) is 5.03. The fraction of sp³-hybridized carbons (Fsp3) is 0.850. The predicted molar refractivity (Wildman–Crippen MR) is 102 cm³/mol. The normalized spacial score (nSPS) is 28.9. The highest BCUT2D eigenvalue weighted by atomic mass is 16.5. The van der Waals surface area contributed by atoms with Crippen molar-refractivity contribution in [3.05, 3.63) is 12.2 Å². The van der Waals surface area contributed by atoms with E-state index >= 15 is 0 Å². The number of piperidine rings is 1. The van der Waals surface area contributed by atoms with Gasteiger partial charge in [-0.2, -0.15) is 5.10 Å². The number of rotatable bonds is 5. The molecule has 3 aliphatic rings. The van der Waals surface area contributed by atoms with Gasteiger partial charge in [0.25, 0.3) is 0 Å². The molecule has 0 radical (unpaired) electrons. The first kappa shape index (κ1) is 18.9. The Morgan fingerprint density at radius 1 is 1.19 bits per heavy atom. The highest BCUT2D eigenvalue weighted by molar-refractivity contribution is 5.79. The molecule has 3 fully saturated rings. The number of likely N-dealkylation sites (tertiary alicyclic amines) is 1. The Morgan fingerprint density at radius 2 is 2.00 bits per heavy atom. The molecule has 27 heavy (non-hydrogen) atoms. The first-order valence-corrected chi connectivity index (χ1v) is 10.7. The van der Waals surface area contributed by atoms with Crippen molar-refractivity contribution in [2.75, 3.05) is 32.8 Å². The minimum atomic E-state index is 0.161. The number of nitrogens with one attached hydrogen (secondary N) is 2. The van der Waals surface area contributed by atoms with E-state index in [1.54, 1.807) is 6.33 Å². The SMILES string of the molecule is O=C(N[C@@H]1CCC[C@@H](CN2CCC(c3ncn[nH]3)CC2)C1)C1CCOCC1. The van der Waals surface area contributed by atoms with Crippen LogP contribution in [0, 0.1) is 11.8 Å². The van der Waals surface area contributed by atoms with E-state index in [-0.39, 0.29) is 11.8 Å². The minimum Gasteiger partial charge on any atom is -0.381 e. The van der Waals surface area contributed by atoms with Crippen molar-refractivity contribution >= 4 is 5.91 Å². The molecule has 150 valence electrons. The molecule has 2 N–H and O–H groups in total. The number of hydrogen-bond acceptors (Lipinski definition) is 5. The monoisotopic (exact) mass is 375 g/mol. The number of nitrogens with zero attached hydrogens (tertiary/aromatic N) is 3. The summed E-state index contributed by atoms with van der Waals surface area (Å²) in [5, 5.41) is 10.4. The first-order valence-electron chi connectivity index (χ1n) is 10.7. The van der Waals surface area contributed by atoms with Gasteiger partial charge < -0.3 is 15.0 Å². The summed E-state index contributed by atoms with van der Waals surface area (Å²) in [6.07, 6.45) is 10.5. The number of ether oxygens (including phenoxy) is 1. The summed E-state index contributed by atoms with van der Waals surface area (Å²) in [5.74, 6) is 2.71. The standard InChI is InChI=1S/C20H33N5O2/c26-20(17-6-10-27-11-7-17)23-18-3-1-2-15(12-18)13-25-8-4-16(5-9-25)19-21-14-22-24-19/h14-18H,1-13H2,(H,23,26)(H,21,22,24)/t15-,18-/m1/s1. The number of carbonyl (C=O) groups excluding carboxylic acids is 1. The van der Waals surface area contributed by atoms with Crippen LogP contribution < -0.4 is 5.32 Å². The average Bonchev–Trinajstić information content (AvgIpc) is 3.24. The third-order valence-electron chi connectivity index (χ3n) is 6.65. The summed E-state index contributed by atoms with van der Waals surface area (Å²) >= 11 is 0. The van der Waals surface area contributed by atoms with E-state index in [2.05, 4.69) is 25.4 Å². The molecular formula is C20H33N5O2. The topological polar surface area (TPSA) is 83.1 Å². The first-order chi connectivity index (χ1) is 13.3. The van der Waals surface area contributed by atoms with Crippen molar-refractivity contribution in [2.24, 2.45) is 11.8 Å². The lowest BCUT2D eigenvalue weighted by atomic mass is 9.84. The van der Waals surface area contributed by atoms with Crippen LogP contribution in [-0.4, -0.2) is 64.9 Å². The van der Waals surface area contributed by atoms with Crippen molar-refractivity contribution in [1.29, 1.82) is 0 Å². The Hall–Kier alpha value is -1.47. The molecule has 2 atom stereocenters. The van der Waals surface area contributed by atoms with Crippen LogP contribution in [0.15, 0.2) is 6.33 Å². The van der Waals surface area contributed by atoms with Gasteiger partial charge in [-0.1, -0.05) is 6.42 Å². The van der Waals surface area contributed by atoms with Gasteiger partial charge in [0.2, 0.25) is 5.91 Å². The molecular weight excluding hydrogens is 342 g/mol. The molecule has 3 heterocycles. The molecule has 0 spiro atoms. The maximum atomic E-state index is 12.5. The summed E-state index contributed by atoms with van der Waals surface area (Å²) < 4.78 is 5.38.